The van der Waals surface area contributed by atoms with Gasteiger partial charge >= 0.3 is 0 Å². The van der Waals surface area contributed by atoms with Gasteiger partial charge in [0, 0.05) is 30.3 Å². The van der Waals surface area contributed by atoms with Crippen molar-refractivity contribution < 1.29 is 4.74 Å². The molecule has 0 bridgehead atoms. The Morgan fingerprint density at radius 3 is 2.69 bits per heavy atom. The minimum absolute atomic E-state index is 0.0477. The van der Waals surface area contributed by atoms with Crippen LogP contribution in [0.2, 0.25) is 0 Å². The largest absolute Gasteiger partial charge is 0.496 e. The number of anilines is 1. The number of aromatic nitrogens is 4. The van der Waals surface area contributed by atoms with E-state index in [1.807, 2.05) is 24.3 Å². The number of ether oxygens (including phenoxy) is 1. The van der Waals surface area contributed by atoms with Gasteiger partial charge in [0.25, 0.3) is 5.56 Å². The molecule has 0 radical (unpaired) electrons. The molecule has 0 amide bonds. The lowest BCUT2D eigenvalue weighted by atomic mass is 9.73. The molecule has 1 atom stereocenters. The first-order valence-electron chi connectivity index (χ1n) is 11.9. The molecule has 0 unspecified atom stereocenters. The van der Waals surface area contributed by atoms with Crippen molar-refractivity contribution >= 4 is 22.6 Å². The first-order valence-corrected chi connectivity index (χ1v) is 11.9. The average Bonchev–Trinajstić information content (AvgIpc) is 3.44. The van der Waals surface area contributed by atoms with Crippen LogP contribution < -0.4 is 20.9 Å². The first-order chi connectivity index (χ1) is 17.0. The van der Waals surface area contributed by atoms with Gasteiger partial charge in [-0.15, -0.1) is 0 Å². The van der Waals surface area contributed by atoms with Crippen molar-refractivity contribution in [2.75, 3.05) is 25.1 Å². The number of H-pyrrole nitrogens is 2. The minimum Gasteiger partial charge on any atom is -0.496 e. The molecule has 178 valence electrons. The van der Waals surface area contributed by atoms with Crippen LogP contribution in [-0.2, 0) is 6.42 Å². The predicted molar refractivity (Wildman–Crippen MR) is 137 cm³/mol. The summed E-state index contributed by atoms with van der Waals surface area (Å²) in [6, 6.07) is 16.1. The second kappa shape index (κ2) is 8.09. The zero-order chi connectivity index (χ0) is 24.2. The highest BCUT2D eigenvalue weighted by atomic mass is 16.5. The standard InChI is InChI=1S/C27H28N6O2/c1-16(18-8-5-6-10-20(18)35-2)22-21-24(32-31-22)29-26(30-25(21)34)33-13-11-27(12-14-33)15-17-7-3-4-9-19(17)23(27)28/h3-10,23H,1,11-15,28H2,2H3,(H2,29,30,31,32,34)/t23-/m1/s1. The lowest BCUT2D eigenvalue weighted by molar-refractivity contribution is 0.187. The minimum atomic E-state index is -0.241. The van der Waals surface area contributed by atoms with Crippen molar-refractivity contribution in [1.29, 1.82) is 0 Å². The topological polar surface area (TPSA) is 113 Å². The van der Waals surface area contributed by atoms with Gasteiger partial charge in [-0.2, -0.15) is 10.1 Å². The number of nitrogens with one attached hydrogen (secondary N) is 2. The van der Waals surface area contributed by atoms with E-state index in [0.29, 0.717) is 34.0 Å². The summed E-state index contributed by atoms with van der Waals surface area (Å²) in [5.74, 6) is 1.23. The Kier molecular flexibility index (Phi) is 5.00. The SMILES string of the molecule is C=C(c1ccccc1OC)c1n[nH]c2nc(N3CCC4(CC3)Cc3ccccc3[C@H]4N)[nH]c(=O)c12. The summed E-state index contributed by atoms with van der Waals surface area (Å²) in [5.41, 5.74) is 11.5. The third kappa shape index (κ3) is 3.36. The third-order valence-corrected chi connectivity index (χ3v) is 7.79. The van der Waals surface area contributed by atoms with E-state index in [1.165, 1.54) is 11.1 Å². The summed E-state index contributed by atoms with van der Waals surface area (Å²) < 4.78 is 5.46. The smallest absolute Gasteiger partial charge is 0.264 e. The highest BCUT2D eigenvalue weighted by Gasteiger charge is 2.46. The van der Waals surface area contributed by atoms with Crippen molar-refractivity contribution in [3.05, 3.63) is 87.8 Å². The van der Waals surface area contributed by atoms with Crippen LogP contribution in [0.1, 0.15) is 41.3 Å². The molecule has 35 heavy (non-hydrogen) atoms. The van der Waals surface area contributed by atoms with Gasteiger partial charge in [0.05, 0.1) is 7.11 Å². The van der Waals surface area contributed by atoms with E-state index in [2.05, 4.69) is 50.9 Å². The van der Waals surface area contributed by atoms with Crippen molar-refractivity contribution in [3.63, 3.8) is 0 Å². The lowest BCUT2D eigenvalue weighted by Crippen LogP contribution is -2.45. The molecule has 3 heterocycles. The molecule has 1 spiro atoms. The molecule has 1 aliphatic heterocycles. The predicted octanol–water partition coefficient (Wildman–Crippen LogP) is 3.56. The molecule has 2 aromatic carbocycles. The van der Waals surface area contributed by atoms with E-state index in [0.717, 1.165) is 37.9 Å². The number of nitrogens with two attached hydrogens (primary N) is 1. The number of para-hydroxylation sites is 1. The number of piperidine rings is 1. The molecule has 1 saturated heterocycles. The monoisotopic (exact) mass is 468 g/mol. The number of rotatable bonds is 4. The molecular formula is C27H28N6O2. The molecule has 4 aromatic rings. The number of hydrogen-bond donors (Lipinski definition) is 3. The fourth-order valence-electron chi connectivity index (χ4n) is 5.79. The lowest BCUT2D eigenvalue weighted by Gasteiger charge is -2.42. The maximum atomic E-state index is 13.2. The van der Waals surface area contributed by atoms with E-state index < -0.39 is 0 Å². The van der Waals surface area contributed by atoms with Crippen LogP contribution in [0.15, 0.2) is 59.9 Å². The molecule has 6 rings (SSSR count). The number of nitrogens with zero attached hydrogens (tertiary/aromatic N) is 3. The van der Waals surface area contributed by atoms with Crippen LogP contribution in [0.3, 0.4) is 0 Å². The summed E-state index contributed by atoms with van der Waals surface area (Å²) in [6.07, 6.45) is 2.91. The van der Waals surface area contributed by atoms with Crippen LogP contribution in [0.5, 0.6) is 5.75 Å². The van der Waals surface area contributed by atoms with E-state index in [-0.39, 0.29) is 17.0 Å². The number of hydrogen-bond acceptors (Lipinski definition) is 6. The Bertz CT molecular complexity index is 1500. The maximum Gasteiger partial charge on any atom is 0.264 e. The van der Waals surface area contributed by atoms with Crippen LogP contribution in [-0.4, -0.2) is 40.4 Å². The quantitative estimate of drug-likeness (QED) is 0.422. The average molecular weight is 469 g/mol. The molecule has 8 heteroatoms. The number of methoxy groups -OCH3 is 1. The molecule has 2 aliphatic rings. The van der Waals surface area contributed by atoms with Crippen molar-refractivity contribution in [2.45, 2.75) is 25.3 Å². The highest BCUT2D eigenvalue weighted by Crippen LogP contribution is 2.50. The van der Waals surface area contributed by atoms with Gasteiger partial charge in [0.15, 0.2) is 5.65 Å². The van der Waals surface area contributed by atoms with Crippen LogP contribution in [0.25, 0.3) is 16.6 Å². The molecule has 8 nitrogen and oxygen atoms in total. The van der Waals surface area contributed by atoms with Gasteiger partial charge in [0.1, 0.15) is 16.8 Å². The fraction of sp³-hybridized carbons (Fsp3) is 0.296. The van der Waals surface area contributed by atoms with E-state index >= 15 is 0 Å². The molecule has 1 fully saturated rings. The summed E-state index contributed by atoms with van der Waals surface area (Å²) >= 11 is 0. The molecule has 4 N–H and O–H groups in total. The number of benzene rings is 2. The Hall–Kier alpha value is -3.91. The zero-order valence-corrected chi connectivity index (χ0v) is 19.7. The Balaban J connectivity index is 1.26. The fourth-order valence-corrected chi connectivity index (χ4v) is 5.79. The van der Waals surface area contributed by atoms with Crippen molar-refractivity contribution in [3.8, 4) is 5.75 Å². The number of fused-ring (bicyclic) bond motifs is 2. The summed E-state index contributed by atoms with van der Waals surface area (Å²) in [7, 11) is 1.61. The van der Waals surface area contributed by atoms with Crippen LogP contribution in [0.4, 0.5) is 5.95 Å². The van der Waals surface area contributed by atoms with Gasteiger partial charge < -0.3 is 15.4 Å². The van der Waals surface area contributed by atoms with E-state index in [9.17, 15) is 4.79 Å². The summed E-state index contributed by atoms with van der Waals surface area (Å²) in [5, 5.41) is 7.72. The first kappa shape index (κ1) is 21.6. The maximum absolute atomic E-state index is 13.2. The number of aromatic amines is 2. The van der Waals surface area contributed by atoms with Crippen LogP contribution >= 0.6 is 0 Å². The Labute approximate surface area is 202 Å². The van der Waals surface area contributed by atoms with Gasteiger partial charge in [-0.05, 0) is 41.9 Å². The highest BCUT2D eigenvalue weighted by molar-refractivity contribution is 5.93. The Morgan fingerprint density at radius 2 is 1.91 bits per heavy atom. The van der Waals surface area contributed by atoms with Crippen LogP contribution in [0, 0.1) is 5.41 Å². The second-order valence-electron chi connectivity index (χ2n) is 9.57. The normalized spacial score (nSPS) is 18.7. The molecule has 2 aromatic heterocycles. The molecule has 0 saturated carbocycles. The second-order valence-corrected chi connectivity index (χ2v) is 9.57. The van der Waals surface area contributed by atoms with Crippen molar-refractivity contribution in [2.24, 2.45) is 11.1 Å². The zero-order valence-electron chi connectivity index (χ0n) is 19.7. The Morgan fingerprint density at radius 1 is 1.17 bits per heavy atom. The summed E-state index contributed by atoms with van der Waals surface area (Å²) in [6.45, 7) is 5.74. The van der Waals surface area contributed by atoms with E-state index in [1.54, 1.807) is 7.11 Å². The molecular weight excluding hydrogens is 440 g/mol. The van der Waals surface area contributed by atoms with E-state index in [4.69, 9.17) is 15.5 Å². The third-order valence-electron chi connectivity index (χ3n) is 7.79. The van der Waals surface area contributed by atoms with Gasteiger partial charge in [0.2, 0.25) is 5.95 Å². The van der Waals surface area contributed by atoms with Gasteiger partial charge in [-0.25, -0.2) is 0 Å². The molecule has 1 aliphatic carbocycles. The summed E-state index contributed by atoms with van der Waals surface area (Å²) in [4.78, 5) is 23.0. The van der Waals surface area contributed by atoms with Gasteiger partial charge in [-0.1, -0.05) is 49.0 Å². The van der Waals surface area contributed by atoms with Gasteiger partial charge in [-0.3, -0.25) is 14.9 Å². The van der Waals surface area contributed by atoms with Crippen molar-refractivity contribution in [1.82, 2.24) is 20.2 Å².